The number of halogens is 1. The third-order valence-electron chi connectivity index (χ3n) is 4.94. The summed E-state index contributed by atoms with van der Waals surface area (Å²) in [5.74, 6) is -1.35. The molecular formula is C17H21ClN2O4. The number of carbonyl (C=O) groups excluding carboxylic acids is 1. The highest BCUT2D eigenvalue weighted by Crippen LogP contribution is 2.38. The smallest absolute Gasteiger partial charge is 0.328 e. The van der Waals surface area contributed by atoms with E-state index in [9.17, 15) is 14.7 Å². The van der Waals surface area contributed by atoms with E-state index in [-0.39, 0.29) is 12.5 Å². The van der Waals surface area contributed by atoms with Crippen LogP contribution < -0.4 is 0 Å². The topological polar surface area (TPSA) is 70.1 Å². The van der Waals surface area contributed by atoms with Crippen molar-refractivity contribution in [3.8, 4) is 0 Å². The lowest BCUT2D eigenvalue weighted by Crippen LogP contribution is -2.58. The lowest BCUT2D eigenvalue weighted by atomic mass is 9.97. The maximum Gasteiger partial charge on any atom is 0.328 e. The highest BCUT2D eigenvalue weighted by Gasteiger charge is 2.53. The third-order valence-corrected chi connectivity index (χ3v) is 5.19. The molecule has 1 atom stereocenters. The Labute approximate surface area is 145 Å². The first-order chi connectivity index (χ1) is 11.5. The van der Waals surface area contributed by atoms with Crippen molar-refractivity contribution in [2.45, 2.75) is 31.5 Å². The van der Waals surface area contributed by atoms with E-state index in [1.165, 1.54) is 4.90 Å². The van der Waals surface area contributed by atoms with Crippen molar-refractivity contribution in [2.24, 2.45) is 0 Å². The normalized spacial score (nSPS) is 23.6. The average Bonchev–Trinajstić information content (AvgIpc) is 2.95. The number of benzene rings is 1. The first-order valence-corrected chi connectivity index (χ1v) is 8.53. The Hall–Kier alpha value is -1.63. The quantitative estimate of drug-likeness (QED) is 0.901. The van der Waals surface area contributed by atoms with Gasteiger partial charge in [0, 0.05) is 36.5 Å². The minimum atomic E-state index is -1.04. The van der Waals surface area contributed by atoms with Gasteiger partial charge < -0.3 is 14.7 Å². The van der Waals surface area contributed by atoms with Gasteiger partial charge in [0.1, 0.15) is 5.72 Å². The van der Waals surface area contributed by atoms with E-state index in [0.717, 1.165) is 19.6 Å². The molecule has 0 aliphatic carbocycles. The predicted molar refractivity (Wildman–Crippen MR) is 89.1 cm³/mol. The maximum atomic E-state index is 13.0. The van der Waals surface area contributed by atoms with Gasteiger partial charge in [0.05, 0.1) is 6.61 Å². The molecule has 6 nitrogen and oxygen atoms in total. The minimum Gasteiger partial charge on any atom is -0.480 e. The van der Waals surface area contributed by atoms with Crippen molar-refractivity contribution in [2.75, 3.05) is 26.2 Å². The number of likely N-dealkylation sites (tertiary alicyclic amines) is 1. The van der Waals surface area contributed by atoms with Crippen LogP contribution in [0.1, 0.15) is 30.1 Å². The number of carboxylic acids is 1. The molecule has 0 saturated carbocycles. The lowest BCUT2D eigenvalue weighted by Gasteiger charge is -2.44. The molecule has 2 saturated heterocycles. The zero-order valence-corrected chi connectivity index (χ0v) is 14.3. The van der Waals surface area contributed by atoms with Crippen LogP contribution in [-0.4, -0.2) is 64.8 Å². The van der Waals surface area contributed by atoms with Gasteiger partial charge in [0.2, 0.25) is 0 Å². The molecule has 3 rings (SSSR count). The number of hydrogen-bond donors (Lipinski definition) is 1. The van der Waals surface area contributed by atoms with Crippen LogP contribution in [0.25, 0.3) is 0 Å². The van der Waals surface area contributed by atoms with Gasteiger partial charge >= 0.3 is 5.97 Å². The van der Waals surface area contributed by atoms with Crippen molar-refractivity contribution in [3.05, 3.63) is 34.9 Å². The zero-order chi connectivity index (χ0) is 17.3. The zero-order valence-electron chi connectivity index (χ0n) is 13.6. The van der Waals surface area contributed by atoms with Crippen molar-refractivity contribution in [1.29, 1.82) is 0 Å². The molecule has 2 aliphatic rings. The van der Waals surface area contributed by atoms with Crippen LogP contribution in [0.4, 0.5) is 0 Å². The van der Waals surface area contributed by atoms with Gasteiger partial charge in [-0.1, -0.05) is 18.5 Å². The number of amides is 1. The van der Waals surface area contributed by atoms with Crippen LogP contribution in [0.2, 0.25) is 5.02 Å². The molecule has 1 amide bonds. The van der Waals surface area contributed by atoms with Gasteiger partial charge in [0.15, 0.2) is 6.04 Å². The van der Waals surface area contributed by atoms with E-state index in [1.807, 2.05) is 0 Å². The highest BCUT2D eigenvalue weighted by atomic mass is 35.5. The Morgan fingerprint density at radius 3 is 2.46 bits per heavy atom. The van der Waals surface area contributed by atoms with Crippen LogP contribution >= 0.6 is 11.6 Å². The third kappa shape index (κ3) is 3.01. The van der Waals surface area contributed by atoms with Crippen LogP contribution in [0.5, 0.6) is 0 Å². The molecule has 1 aromatic carbocycles. The molecule has 1 N–H and O–H groups in total. The van der Waals surface area contributed by atoms with Crippen LogP contribution in [0.15, 0.2) is 24.3 Å². The molecule has 1 aromatic rings. The molecule has 24 heavy (non-hydrogen) atoms. The maximum absolute atomic E-state index is 13.0. The summed E-state index contributed by atoms with van der Waals surface area (Å²) < 4.78 is 5.90. The Balaban J connectivity index is 1.91. The fourth-order valence-corrected chi connectivity index (χ4v) is 3.63. The van der Waals surface area contributed by atoms with Gasteiger partial charge in [0.25, 0.3) is 5.91 Å². The highest BCUT2D eigenvalue weighted by molar-refractivity contribution is 6.30. The Morgan fingerprint density at radius 2 is 1.92 bits per heavy atom. The molecule has 0 radical (unpaired) electrons. The van der Waals surface area contributed by atoms with Crippen molar-refractivity contribution in [1.82, 2.24) is 9.80 Å². The second kappa shape index (κ2) is 6.70. The number of piperidine rings is 1. The summed E-state index contributed by atoms with van der Waals surface area (Å²) in [4.78, 5) is 28.4. The van der Waals surface area contributed by atoms with E-state index in [1.54, 1.807) is 24.3 Å². The predicted octanol–water partition coefficient (Wildman–Crippen LogP) is 2.08. The number of nitrogens with zero attached hydrogens (tertiary/aromatic N) is 2. The van der Waals surface area contributed by atoms with E-state index in [0.29, 0.717) is 23.4 Å². The summed E-state index contributed by atoms with van der Waals surface area (Å²) in [5, 5.41) is 10.1. The molecule has 2 heterocycles. The number of ether oxygens (including phenoxy) is 1. The summed E-state index contributed by atoms with van der Waals surface area (Å²) in [7, 11) is 0. The standard InChI is InChI=1S/C17H21ClN2O4/c1-2-19-9-7-17(8-10-19)20(14(11-24-17)16(22)23)15(21)12-3-5-13(18)6-4-12/h3-6,14H,2,7-11H2,1H3,(H,22,23). The number of rotatable bonds is 3. The molecule has 2 fully saturated rings. The van der Waals surface area contributed by atoms with Crippen molar-refractivity contribution >= 4 is 23.5 Å². The Morgan fingerprint density at radius 1 is 1.29 bits per heavy atom. The summed E-state index contributed by atoms with van der Waals surface area (Å²) in [6, 6.07) is 5.55. The van der Waals surface area contributed by atoms with E-state index in [2.05, 4.69) is 11.8 Å². The summed E-state index contributed by atoms with van der Waals surface area (Å²) in [6.07, 6.45) is 1.23. The fraction of sp³-hybridized carbons (Fsp3) is 0.529. The van der Waals surface area contributed by atoms with Crippen LogP contribution in [0, 0.1) is 0 Å². The number of carboxylic acid groups (broad SMARTS) is 1. The lowest BCUT2D eigenvalue weighted by molar-refractivity contribution is -0.143. The Bertz CT molecular complexity index is 626. The molecule has 0 aromatic heterocycles. The largest absolute Gasteiger partial charge is 0.480 e. The van der Waals surface area contributed by atoms with Gasteiger partial charge in [-0.25, -0.2) is 4.79 Å². The second-order valence-corrected chi connectivity index (χ2v) is 6.66. The fourth-order valence-electron chi connectivity index (χ4n) is 3.51. The summed E-state index contributed by atoms with van der Waals surface area (Å²) in [5.41, 5.74) is -0.403. The first kappa shape index (κ1) is 17.2. The summed E-state index contributed by atoms with van der Waals surface area (Å²) in [6.45, 7) is 4.62. The van der Waals surface area contributed by atoms with Crippen molar-refractivity contribution in [3.63, 3.8) is 0 Å². The van der Waals surface area contributed by atoms with Crippen LogP contribution in [-0.2, 0) is 9.53 Å². The second-order valence-electron chi connectivity index (χ2n) is 6.23. The summed E-state index contributed by atoms with van der Waals surface area (Å²) >= 11 is 5.88. The average molecular weight is 353 g/mol. The Kier molecular flexibility index (Phi) is 4.80. The van der Waals surface area contributed by atoms with Crippen molar-refractivity contribution < 1.29 is 19.4 Å². The molecule has 1 spiro atoms. The minimum absolute atomic E-state index is 0.0286. The first-order valence-electron chi connectivity index (χ1n) is 8.15. The van der Waals surface area contributed by atoms with E-state index < -0.39 is 17.7 Å². The molecule has 1 unspecified atom stereocenters. The van der Waals surface area contributed by atoms with E-state index in [4.69, 9.17) is 16.3 Å². The van der Waals surface area contributed by atoms with E-state index >= 15 is 0 Å². The monoisotopic (exact) mass is 352 g/mol. The molecule has 7 heteroatoms. The SMILES string of the molecule is CCN1CCC2(CC1)OCC(C(=O)O)N2C(=O)c1ccc(Cl)cc1. The molecule has 2 aliphatic heterocycles. The van der Waals surface area contributed by atoms with Gasteiger partial charge in [-0.2, -0.15) is 0 Å². The van der Waals surface area contributed by atoms with Gasteiger partial charge in [-0.05, 0) is 30.8 Å². The number of hydrogen-bond acceptors (Lipinski definition) is 4. The molecule has 0 bridgehead atoms. The number of carbonyl (C=O) groups is 2. The van der Waals surface area contributed by atoms with Gasteiger partial charge in [-0.3, -0.25) is 9.69 Å². The molecule has 130 valence electrons. The van der Waals surface area contributed by atoms with Gasteiger partial charge in [-0.15, -0.1) is 0 Å². The van der Waals surface area contributed by atoms with Crippen LogP contribution in [0.3, 0.4) is 0 Å². The molecular weight excluding hydrogens is 332 g/mol. The number of aliphatic carboxylic acids is 1.